The van der Waals surface area contributed by atoms with Crippen LogP contribution in [-0.4, -0.2) is 19.9 Å². The van der Waals surface area contributed by atoms with Crippen molar-refractivity contribution in [3.63, 3.8) is 0 Å². The van der Waals surface area contributed by atoms with Gasteiger partial charge in [-0.2, -0.15) is 0 Å². The van der Waals surface area contributed by atoms with E-state index in [2.05, 4.69) is 9.95 Å². The van der Waals surface area contributed by atoms with E-state index in [1.807, 2.05) is 19.9 Å². The van der Waals surface area contributed by atoms with Gasteiger partial charge in [0.2, 0.25) is 0 Å². The first-order valence-electron chi connectivity index (χ1n) is 2.96. The molecule has 1 heterocycles. The summed E-state index contributed by atoms with van der Waals surface area (Å²) >= 11 is -0.00512. The molecule has 0 atom stereocenters. The van der Waals surface area contributed by atoms with Crippen LogP contribution in [0.25, 0.3) is 0 Å². The summed E-state index contributed by atoms with van der Waals surface area (Å²) in [5.74, 6) is 0. The number of aryl methyl sites for hydroxylation is 2. The van der Waals surface area contributed by atoms with Crippen molar-refractivity contribution in [3.05, 3.63) is 17.5 Å². The number of nitriles is 1. The minimum absolute atomic E-state index is 0.00512. The maximum atomic E-state index is 8.42. The average molecular weight is 199 g/mol. The van der Waals surface area contributed by atoms with Crippen LogP contribution < -0.4 is 4.46 Å². The number of nitrogens with zero attached hydrogens (tertiary/aromatic N) is 1. The molecule has 0 aliphatic rings. The molecule has 0 aromatic carbocycles. The number of nitrogens with one attached hydrogen (secondary N) is 1. The van der Waals surface area contributed by atoms with Gasteiger partial charge in [-0.05, 0) is 0 Å². The fourth-order valence-electron chi connectivity index (χ4n) is 0.854. The summed E-state index contributed by atoms with van der Waals surface area (Å²) in [5, 5.41) is 8.42. The zero-order valence-electron chi connectivity index (χ0n) is 5.93. The van der Waals surface area contributed by atoms with Gasteiger partial charge in [-0.25, -0.2) is 0 Å². The number of hydrogen-bond acceptors (Lipinski definition) is 1. The maximum absolute atomic E-state index is 8.42. The molecule has 10 heavy (non-hydrogen) atoms. The molecule has 0 aliphatic heterocycles. The Kier molecular flexibility index (Phi) is 2.16. The third-order valence-corrected chi connectivity index (χ3v) is 2.80. The molecule has 1 rings (SSSR count). The van der Waals surface area contributed by atoms with E-state index in [9.17, 15) is 0 Å². The molecule has 0 unspecified atom stereocenters. The van der Waals surface area contributed by atoms with E-state index in [0.29, 0.717) is 0 Å². The molecule has 1 aromatic rings. The second-order valence-electron chi connectivity index (χ2n) is 2.13. The van der Waals surface area contributed by atoms with Crippen LogP contribution in [0.2, 0.25) is 0 Å². The van der Waals surface area contributed by atoms with Gasteiger partial charge in [0.15, 0.2) is 0 Å². The molecule has 0 radical (unpaired) electrons. The van der Waals surface area contributed by atoms with E-state index < -0.39 is 0 Å². The van der Waals surface area contributed by atoms with Crippen molar-refractivity contribution in [2.24, 2.45) is 0 Å². The van der Waals surface area contributed by atoms with Crippen LogP contribution in [0, 0.1) is 24.1 Å². The molecule has 0 saturated heterocycles. The molecular formula is C7H8N2Se. The van der Waals surface area contributed by atoms with E-state index in [1.165, 1.54) is 4.46 Å². The van der Waals surface area contributed by atoms with Crippen LogP contribution in [0.4, 0.5) is 0 Å². The Balaban J connectivity index is 2.94. The SMILES string of the molecule is Cc1cc([Se]C#N)c(C)[nH]1. The molecule has 0 amide bonds. The second-order valence-corrected chi connectivity index (χ2v) is 3.87. The first-order chi connectivity index (χ1) is 4.74. The number of H-pyrrole nitrogens is 1. The molecule has 2 nitrogen and oxygen atoms in total. The van der Waals surface area contributed by atoms with Crippen molar-refractivity contribution < 1.29 is 0 Å². The summed E-state index contributed by atoms with van der Waals surface area (Å²) in [4.78, 5) is 5.34. The van der Waals surface area contributed by atoms with Gasteiger partial charge in [0.25, 0.3) is 0 Å². The summed E-state index contributed by atoms with van der Waals surface area (Å²) in [7, 11) is 0. The second kappa shape index (κ2) is 2.92. The Labute approximate surface area is 66.4 Å². The van der Waals surface area contributed by atoms with E-state index >= 15 is 0 Å². The first-order valence-corrected chi connectivity index (χ1v) is 4.67. The molecule has 0 saturated carbocycles. The predicted molar refractivity (Wildman–Crippen MR) is 41.3 cm³/mol. The molecule has 3 heteroatoms. The molecular weight excluding hydrogens is 191 g/mol. The number of rotatable bonds is 1. The van der Waals surface area contributed by atoms with Crippen molar-refractivity contribution in [2.45, 2.75) is 13.8 Å². The van der Waals surface area contributed by atoms with Gasteiger partial charge >= 0.3 is 65.9 Å². The Bertz CT molecular complexity index is 270. The zero-order valence-corrected chi connectivity index (χ0v) is 7.65. The Morgan fingerprint density at radius 1 is 1.60 bits per heavy atom. The van der Waals surface area contributed by atoms with Gasteiger partial charge in [0, 0.05) is 0 Å². The Hall–Kier alpha value is -0.711. The van der Waals surface area contributed by atoms with Crippen LogP contribution in [0.15, 0.2) is 6.07 Å². The minimum atomic E-state index is -0.00512. The fraction of sp³-hybridized carbons (Fsp3) is 0.286. The third kappa shape index (κ3) is 1.41. The summed E-state index contributed by atoms with van der Waals surface area (Å²) in [6.07, 6.45) is 0. The number of aromatic amines is 1. The standard InChI is InChI=1S/C7H8N2Se/c1-5-3-7(10-4-8)6(2)9-5/h3,9H,1-2H3. The first kappa shape index (κ1) is 7.40. The molecule has 0 fully saturated rings. The number of aromatic nitrogens is 1. The van der Waals surface area contributed by atoms with E-state index in [1.54, 1.807) is 0 Å². The van der Waals surface area contributed by atoms with Gasteiger partial charge in [-0.1, -0.05) is 0 Å². The summed E-state index contributed by atoms with van der Waals surface area (Å²) in [5.41, 5.74) is 2.28. The van der Waals surface area contributed by atoms with Crippen LogP contribution in [0.5, 0.6) is 0 Å². The fourth-order valence-corrected chi connectivity index (χ4v) is 1.98. The molecule has 0 spiro atoms. The quantitative estimate of drug-likeness (QED) is 0.655. The van der Waals surface area contributed by atoms with Crippen molar-refractivity contribution >= 4 is 19.4 Å². The van der Waals surface area contributed by atoms with Gasteiger partial charge in [-0.15, -0.1) is 0 Å². The van der Waals surface area contributed by atoms with Crippen molar-refractivity contribution in [1.29, 1.82) is 5.26 Å². The number of hydrogen-bond donors (Lipinski definition) is 1. The summed E-state index contributed by atoms with van der Waals surface area (Å²) < 4.78 is 1.17. The predicted octanol–water partition coefficient (Wildman–Crippen LogP) is 0.442. The Morgan fingerprint density at radius 2 is 2.30 bits per heavy atom. The normalized spacial score (nSPS) is 9.30. The van der Waals surface area contributed by atoms with Gasteiger partial charge in [-0.3, -0.25) is 0 Å². The van der Waals surface area contributed by atoms with Gasteiger partial charge < -0.3 is 0 Å². The van der Waals surface area contributed by atoms with Crippen LogP contribution in [0.1, 0.15) is 11.4 Å². The van der Waals surface area contributed by atoms with Crippen LogP contribution in [0.3, 0.4) is 0 Å². The zero-order chi connectivity index (χ0) is 7.56. The van der Waals surface area contributed by atoms with Crippen LogP contribution in [-0.2, 0) is 0 Å². The summed E-state index contributed by atoms with van der Waals surface area (Å²) in [6.45, 7) is 4.01. The molecule has 0 aliphatic carbocycles. The molecule has 0 bridgehead atoms. The van der Waals surface area contributed by atoms with Crippen LogP contribution >= 0.6 is 0 Å². The molecule has 52 valence electrons. The molecule has 1 N–H and O–H groups in total. The third-order valence-electron chi connectivity index (χ3n) is 1.26. The van der Waals surface area contributed by atoms with E-state index in [-0.39, 0.29) is 15.0 Å². The monoisotopic (exact) mass is 200 g/mol. The Morgan fingerprint density at radius 3 is 2.70 bits per heavy atom. The topological polar surface area (TPSA) is 39.6 Å². The van der Waals surface area contributed by atoms with Crippen molar-refractivity contribution in [2.75, 3.05) is 0 Å². The molecule has 1 aromatic heterocycles. The van der Waals surface area contributed by atoms with Crippen molar-refractivity contribution in [3.8, 4) is 4.97 Å². The van der Waals surface area contributed by atoms with Crippen molar-refractivity contribution in [1.82, 2.24) is 4.98 Å². The van der Waals surface area contributed by atoms with Gasteiger partial charge in [0.1, 0.15) is 0 Å². The summed E-state index contributed by atoms with van der Waals surface area (Å²) in [6, 6.07) is 2.04. The van der Waals surface area contributed by atoms with E-state index in [4.69, 9.17) is 5.26 Å². The van der Waals surface area contributed by atoms with Gasteiger partial charge in [0.05, 0.1) is 0 Å². The van der Waals surface area contributed by atoms with E-state index in [0.717, 1.165) is 11.4 Å². The average Bonchev–Trinajstić information content (AvgIpc) is 2.13.